The van der Waals surface area contributed by atoms with E-state index in [0.29, 0.717) is 29.2 Å². The van der Waals surface area contributed by atoms with Gasteiger partial charge in [0.15, 0.2) is 18.1 Å². The topological polar surface area (TPSA) is 95.5 Å². The van der Waals surface area contributed by atoms with Crippen molar-refractivity contribution < 1.29 is 28.5 Å². The van der Waals surface area contributed by atoms with Gasteiger partial charge in [-0.1, -0.05) is 18.5 Å². The van der Waals surface area contributed by atoms with Gasteiger partial charge in [-0.15, -0.1) is 0 Å². The van der Waals surface area contributed by atoms with Crippen molar-refractivity contribution in [2.75, 3.05) is 27.4 Å². The molecule has 9 heteroatoms. The zero-order valence-corrected chi connectivity index (χ0v) is 17.7. The van der Waals surface area contributed by atoms with Crippen LogP contribution < -0.4 is 19.6 Å². The summed E-state index contributed by atoms with van der Waals surface area (Å²) in [5.74, 6) is 0.293. The molecule has 0 atom stereocenters. The normalized spacial score (nSPS) is 10.5. The Bertz CT molecular complexity index is 899. The van der Waals surface area contributed by atoms with Crippen LogP contribution in [0, 0.1) is 0 Å². The van der Waals surface area contributed by atoms with Gasteiger partial charge in [-0.25, -0.2) is 10.2 Å². The lowest BCUT2D eigenvalue weighted by Gasteiger charge is -2.12. The number of carbonyl (C=O) groups is 2. The van der Waals surface area contributed by atoms with E-state index in [2.05, 4.69) is 15.3 Å². The highest BCUT2D eigenvalue weighted by atomic mass is 35.5. The molecule has 0 aliphatic heterocycles. The van der Waals surface area contributed by atoms with Crippen molar-refractivity contribution in [1.29, 1.82) is 0 Å². The number of nitrogens with zero attached hydrogens (tertiary/aromatic N) is 1. The van der Waals surface area contributed by atoms with Gasteiger partial charge in [0.05, 0.1) is 32.1 Å². The summed E-state index contributed by atoms with van der Waals surface area (Å²) in [7, 11) is 2.69. The number of hydrogen-bond donors (Lipinski definition) is 1. The van der Waals surface area contributed by atoms with Gasteiger partial charge < -0.3 is 18.9 Å². The Morgan fingerprint density at radius 3 is 2.50 bits per heavy atom. The molecule has 0 radical (unpaired) electrons. The van der Waals surface area contributed by atoms with E-state index in [9.17, 15) is 9.59 Å². The van der Waals surface area contributed by atoms with Crippen molar-refractivity contribution in [1.82, 2.24) is 5.43 Å². The zero-order valence-electron chi connectivity index (χ0n) is 16.9. The first kappa shape index (κ1) is 23.0. The molecule has 0 fully saturated rings. The highest BCUT2D eigenvalue weighted by Gasteiger charge is 2.13. The molecule has 0 heterocycles. The van der Waals surface area contributed by atoms with Crippen LogP contribution in [0.5, 0.6) is 17.2 Å². The van der Waals surface area contributed by atoms with Crippen LogP contribution in [-0.2, 0) is 9.53 Å². The Hall–Kier alpha value is -3.26. The Balaban J connectivity index is 2.02. The average Bonchev–Trinajstić information content (AvgIpc) is 2.76. The highest BCUT2D eigenvalue weighted by molar-refractivity contribution is 6.32. The number of methoxy groups -OCH3 is 2. The summed E-state index contributed by atoms with van der Waals surface area (Å²) in [6, 6.07) is 9.94. The maximum atomic E-state index is 12.2. The smallest absolute Gasteiger partial charge is 0.343 e. The lowest BCUT2D eigenvalue weighted by atomic mass is 10.2. The molecule has 8 nitrogen and oxygen atoms in total. The SMILES string of the molecule is CCCOc1ccc(C(=O)N/N=C/c2cc(Cl)c(OCC(=O)OC)c(OC)c2)cc1. The standard InChI is InChI=1S/C21H23ClN2O6/c1-4-9-29-16-7-5-15(6-8-16)21(26)24-23-12-14-10-17(22)20(18(11-14)27-2)30-13-19(25)28-3/h5-8,10-12H,4,9,13H2,1-3H3,(H,24,26)/b23-12+. The van der Waals surface area contributed by atoms with Crippen molar-refractivity contribution in [2.24, 2.45) is 5.10 Å². The number of hydrogen-bond acceptors (Lipinski definition) is 7. The lowest BCUT2D eigenvalue weighted by Crippen LogP contribution is -2.17. The summed E-state index contributed by atoms with van der Waals surface area (Å²) < 4.78 is 20.6. The maximum absolute atomic E-state index is 12.2. The monoisotopic (exact) mass is 434 g/mol. The Morgan fingerprint density at radius 2 is 1.87 bits per heavy atom. The molecule has 0 aromatic heterocycles. The van der Waals surface area contributed by atoms with Gasteiger partial charge in [-0.2, -0.15) is 5.10 Å². The van der Waals surface area contributed by atoms with E-state index in [4.69, 9.17) is 25.8 Å². The molecule has 0 unspecified atom stereocenters. The van der Waals surface area contributed by atoms with E-state index in [1.807, 2.05) is 6.92 Å². The summed E-state index contributed by atoms with van der Waals surface area (Å²) in [6.45, 7) is 2.33. The fourth-order valence-electron chi connectivity index (χ4n) is 2.30. The maximum Gasteiger partial charge on any atom is 0.343 e. The van der Waals surface area contributed by atoms with E-state index in [-0.39, 0.29) is 23.3 Å². The zero-order chi connectivity index (χ0) is 21.9. The Labute approximate surface area is 179 Å². The molecule has 160 valence electrons. The molecule has 0 saturated carbocycles. The van der Waals surface area contributed by atoms with Gasteiger partial charge >= 0.3 is 5.97 Å². The van der Waals surface area contributed by atoms with Crippen molar-refractivity contribution in [3.8, 4) is 17.2 Å². The Kier molecular flexibility index (Phi) is 8.96. The Morgan fingerprint density at radius 1 is 1.13 bits per heavy atom. The summed E-state index contributed by atoms with van der Waals surface area (Å²) in [5.41, 5.74) is 3.45. The number of amides is 1. The predicted octanol–water partition coefficient (Wildman–Crippen LogP) is 3.45. The molecule has 2 rings (SSSR count). The van der Waals surface area contributed by atoms with E-state index in [0.717, 1.165) is 6.42 Å². The molecular formula is C21H23ClN2O6. The van der Waals surface area contributed by atoms with Crippen LogP contribution >= 0.6 is 11.6 Å². The summed E-state index contributed by atoms with van der Waals surface area (Å²) in [5, 5.41) is 4.16. The number of esters is 1. The van der Waals surface area contributed by atoms with Gasteiger partial charge in [-0.3, -0.25) is 4.79 Å². The van der Waals surface area contributed by atoms with E-state index < -0.39 is 5.97 Å². The third-order valence-electron chi connectivity index (χ3n) is 3.78. The summed E-state index contributed by atoms with van der Waals surface area (Å²) in [6.07, 6.45) is 2.32. The van der Waals surface area contributed by atoms with Crippen LogP contribution in [0.2, 0.25) is 5.02 Å². The molecule has 0 saturated heterocycles. The van der Waals surface area contributed by atoms with Crippen LogP contribution in [0.25, 0.3) is 0 Å². The van der Waals surface area contributed by atoms with Crippen molar-refractivity contribution >= 4 is 29.7 Å². The van der Waals surface area contributed by atoms with Gasteiger partial charge in [0.2, 0.25) is 0 Å². The van der Waals surface area contributed by atoms with Crippen LogP contribution in [0.15, 0.2) is 41.5 Å². The van der Waals surface area contributed by atoms with E-state index in [1.165, 1.54) is 20.4 Å². The third kappa shape index (κ3) is 6.66. The van der Waals surface area contributed by atoms with E-state index in [1.54, 1.807) is 36.4 Å². The predicted molar refractivity (Wildman–Crippen MR) is 113 cm³/mol. The fourth-order valence-corrected chi connectivity index (χ4v) is 2.57. The van der Waals surface area contributed by atoms with Gasteiger partial charge in [0.1, 0.15) is 5.75 Å². The second-order valence-electron chi connectivity index (χ2n) is 5.97. The summed E-state index contributed by atoms with van der Waals surface area (Å²) in [4.78, 5) is 23.5. The van der Waals surface area contributed by atoms with Crippen LogP contribution in [0.1, 0.15) is 29.3 Å². The van der Waals surface area contributed by atoms with Crippen LogP contribution in [0.4, 0.5) is 0 Å². The quantitative estimate of drug-likeness (QED) is 0.349. The van der Waals surface area contributed by atoms with Gasteiger partial charge in [0, 0.05) is 5.56 Å². The first-order chi connectivity index (χ1) is 14.5. The van der Waals surface area contributed by atoms with E-state index >= 15 is 0 Å². The number of rotatable bonds is 10. The molecule has 2 aromatic carbocycles. The molecule has 0 bridgehead atoms. The lowest BCUT2D eigenvalue weighted by molar-refractivity contribution is -0.142. The molecule has 30 heavy (non-hydrogen) atoms. The molecule has 0 spiro atoms. The minimum absolute atomic E-state index is 0.205. The third-order valence-corrected chi connectivity index (χ3v) is 4.06. The molecule has 1 amide bonds. The number of benzene rings is 2. The first-order valence-electron chi connectivity index (χ1n) is 9.11. The molecule has 2 aromatic rings. The molecule has 0 aliphatic rings. The van der Waals surface area contributed by atoms with Crippen molar-refractivity contribution in [3.63, 3.8) is 0 Å². The van der Waals surface area contributed by atoms with Gasteiger partial charge in [-0.05, 0) is 48.4 Å². The number of halogens is 1. The fraction of sp³-hybridized carbons (Fsp3) is 0.286. The van der Waals surface area contributed by atoms with Crippen LogP contribution in [0.3, 0.4) is 0 Å². The van der Waals surface area contributed by atoms with Crippen molar-refractivity contribution in [2.45, 2.75) is 13.3 Å². The number of nitrogens with one attached hydrogen (secondary N) is 1. The minimum atomic E-state index is -0.550. The molecule has 1 N–H and O–H groups in total. The van der Waals surface area contributed by atoms with Crippen LogP contribution in [-0.4, -0.2) is 45.5 Å². The summed E-state index contributed by atoms with van der Waals surface area (Å²) >= 11 is 6.21. The molecule has 0 aliphatic carbocycles. The number of carbonyl (C=O) groups excluding carboxylic acids is 2. The first-order valence-corrected chi connectivity index (χ1v) is 9.49. The highest BCUT2D eigenvalue weighted by Crippen LogP contribution is 2.36. The molecular weight excluding hydrogens is 412 g/mol. The number of hydrazone groups is 1. The van der Waals surface area contributed by atoms with Crippen molar-refractivity contribution in [3.05, 3.63) is 52.5 Å². The number of ether oxygens (including phenoxy) is 4. The largest absolute Gasteiger partial charge is 0.494 e. The average molecular weight is 435 g/mol. The second-order valence-corrected chi connectivity index (χ2v) is 6.38. The minimum Gasteiger partial charge on any atom is -0.494 e. The van der Waals surface area contributed by atoms with Gasteiger partial charge in [0.25, 0.3) is 5.91 Å². The second kappa shape index (κ2) is 11.7.